The number of fused-ring (bicyclic) bond motifs is 3. The number of benzene rings is 1. The van der Waals surface area contributed by atoms with Crippen LogP contribution in [0.4, 0.5) is 5.95 Å². The van der Waals surface area contributed by atoms with Gasteiger partial charge in [-0.15, -0.1) is 10.2 Å². The predicted octanol–water partition coefficient (Wildman–Crippen LogP) is 3.10. The number of para-hydroxylation sites is 1. The fourth-order valence-electron chi connectivity index (χ4n) is 2.42. The van der Waals surface area contributed by atoms with Gasteiger partial charge >= 0.3 is 0 Å². The average Bonchev–Trinajstić information content (AvgIpc) is 2.79. The highest BCUT2D eigenvalue weighted by atomic mass is 15.4. The molecule has 0 aliphatic heterocycles. The highest BCUT2D eigenvalue weighted by molar-refractivity contribution is 6.04. The minimum Gasteiger partial charge on any atom is -0.327 e. The Kier molecular flexibility index (Phi) is 3.51. The molecule has 0 amide bonds. The molecule has 3 aromatic rings. The lowest BCUT2D eigenvalue weighted by molar-refractivity contribution is 0.943. The number of nitrogens with one attached hydrogen (secondary N) is 1. The number of hydrogen-bond acceptors (Lipinski definition) is 5. The van der Waals surface area contributed by atoms with E-state index in [2.05, 4.69) is 38.7 Å². The zero-order chi connectivity index (χ0) is 14.8. The normalized spacial score (nSPS) is 12.2. The maximum absolute atomic E-state index is 4.52. The molecule has 0 spiro atoms. The van der Waals surface area contributed by atoms with E-state index in [-0.39, 0.29) is 0 Å². The minimum atomic E-state index is 0.420. The Morgan fingerprint density at radius 2 is 2.10 bits per heavy atom. The number of rotatable bonds is 4. The number of anilines is 1. The summed E-state index contributed by atoms with van der Waals surface area (Å²) in [4.78, 5) is 4.52. The molecule has 6 nitrogen and oxygen atoms in total. The summed E-state index contributed by atoms with van der Waals surface area (Å²) in [7, 11) is 1.98. The van der Waals surface area contributed by atoms with Crippen LogP contribution in [0.2, 0.25) is 0 Å². The number of aryl methyl sites for hydroxylation is 1. The summed E-state index contributed by atoms with van der Waals surface area (Å²) in [5, 5.41) is 13.7. The van der Waals surface area contributed by atoms with Gasteiger partial charge in [0.2, 0.25) is 0 Å². The molecule has 108 valence electrons. The summed E-state index contributed by atoms with van der Waals surface area (Å²) in [6.07, 6.45) is 2.02. The zero-order valence-electron chi connectivity index (χ0n) is 12.5. The fourth-order valence-corrected chi connectivity index (χ4v) is 2.42. The Morgan fingerprint density at radius 1 is 1.29 bits per heavy atom. The van der Waals surface area contributed by atoms with Crippen LogP contribution in [0, 0.1) is 0 Å². The zero-order valence-corrected chi connectivity index (χ0v) is 12.5. The molecule has 0 saturated carbocycles. The van der Waals surface area contributed by atoms with E-state index in [1.807, 2.05) is 36.7 Å². The van der Waals surface area contributed by atoms with Crippen molar-refractivity contribution >= 4 is 33.7 Å². The summed E-state index contributed by atoms with van der Waals surface area (Å²) < 4.78 is 2.02. The largest absolute Gasteiger partial charge is 0.327 e. The molecule has 0 radical (unpaired) electrons. The van der Waals surface area contributed by atoms with Gasteiger partial charge in [-0.3, -0.25) is 0 Å². The molecule has 2 heterocycles. The second kappa shape index (κ2) is 5.47. The first-order valence-corrected chi connectivity index (χ1v) is 7.07. The molecule has 21 heavy (non-hydrogen) atoms. The Morgan fingerprint density at radius 3 is 2.90 bits per heavy atom. The third kappa shape index (κ3) is 2.44. The maximum atomic E-state index is 4.52. The maximum Gasteiger partial charge on any atom is 0.265 e. The summed E-state index contributed by atoms with van der Waals surface area (Å²) in [5.41, 5.74) is 6.62. The molecule has 6 heteroatoms. The van der Waals surface area contributed by atoms with Crippen molar-refractivity contribution in [2.75, 3.05) is 5.43 Å². The molecule has 0 saturated heterocycles. The molecule has 1 aromatic carbocycles. The smallest absolute Gasteiger partial charge is 0.265 e. The van der Waals surface area contributed by atoms with Crippen molar-refractivity contribution in [3.63, 3.8) is 0 Å². The van der Waals surface area contributed by atoms with Crippen LogP contribution in [-0.2, 0) is 7.05 Å². The molecule has 0 aliphatic carbocycles. The highest BCUT2D eigenvalue weighted by Gasteiger charge is 2.11. The van der Waals surface area contributed by atoms with E-state index >= 15 is 0 Å². The number of nitrogens with zero attached hydrogens (tertiary/aromatic N) is 5. The van der Waals surface area contributed by atoms with E-state index in [4.69, 9.17) is 0 Å². The van der Waals surface area contributed by atoms with Gasteiger partial charge in [0, 0.05) is 18.1 Å². The Labute approximate surface area is 122 Å². The van der Waals surface area contributed by atoms with E-state index in [0.29, 0.717) is 5.95 Å². The van der Waals surface area contributed by atoms with Crippen molar-refractivity contribution in [3.05, 3.63) is 24.3 Å². The van der Waals surface area contributed by atoms with E-state index < -0.39 is 0 Å². The molecule has 3 rings (SSSR count). The fraction of sp³-hybridized carbons (Fsp3) is 0.333. The number of aromatic nitrogens is 4. The van der Waals surface area contributed by atoms with Crippen LogP contribution < -0.4 is 5.43 Å². The second-order valence-corrected chi connectivity index (χ2v) is 5.09. The van der Waals surface area contributed by atoms with Crippen molar-refractivity contribution in [1.82, 2.24) is 19.7 Å². The third-order valence-electron chi connectivity index (χ3n) is 3.47. The van der Waals surface area contributed by atoms with Crippen molar-refractivity contribution in [1.29, 1.82) is 0 Å². The predicted molar refractivity (Wildman–Crippen MR) is 85.4 cm³/mol. The Bertz CT molecular complexity index is 818. The van der Waals surface area contributed by atoms with Crippen molar-refractivity contribution in [3.8, 4) is 0 Å². The average molecular weight is 282 g/mol. The molecule has 2 aromatic heterocycles. The van der Waals surface area contributed by atoms with Gasteiger partial charge in [0.1, 0.15) is 5.52 Å². The lowest BCUT2D eigenvalue weighted by Crippen LogP contribution is -2.03. The van der Waals surface area contributed by atoms with Gasteiger partial charge in [0.25, 0.3) is 5.95 Å². The first-order chi connectivity index (χ1) is 10.2. The van der Waals surface area contributed by atoms with Gasteiger partial charge in [-0.25, -0.2) is 5.43 Å². The van der Waals surface area contributed by atoms with Crippen LogP contribution in [-0.4, -0.2) is 25.5 Å². The minimum absolute atomic E-state index is 0.420. The van der Waals surface area contributed by atoms with Gasteiger partial charge in [-0.05, 0) is 19.4 Å². The van der Waals surface area contributed by atoms with Gasteiger partial charge in [0.15, 0.2) is 5.65 Å². The van der Waals surface area contributed by atoms with Crippen LogP contribution in [0.15, 0.2) is 29.4 Å². The van der Waals surface area contributed by atoms with Crippen LogP contribution in [0.3, 0.4) is 0 Å². The topological polar surface area (TPSA) is 68.0 Å². The third-order valence-corrected chi connectivity index (χ3v) is 3.47. The summed E-state index contributed by atoms with van der Waals surface area (Å²) >= 11 is 0. The molecular weight excluding hydrogens is 264 g/mol. The highest BCUT2D eigenvalue weighted by Crippen LogP contribution is 2.24. The van der Waals surface area contributed by atoms with Gasteiger partial charge in [-0.1, -0.05) is 31.5 Å². The molecule has 0 atom stereocenters. The lowest BCUT2D eigenvalue weighted by atomic mass is 10.2. The Hall–Kier alpha value is -2.50. The molecular formula is C15H18N6. The van der Waals surface area contributed by atoms with Gasteiger partial charge in [0.05, 0.1) is 5.52 Å². The van der Waals surface area contributed by atoms with E-state index in [9.17, 15) is 0 Å². The molecule has 0 bridgehead atoms. The first-order valence-electron chi connectivity index (χ1n) is 7.07. The molecule has 0 aliphatic rings. The van der Waals surface area contributed by atoms with E-state index in [1.54, 1.807) is 0 Å². The van der Waals surface area contributed by atoms with Crippen molar-refractivity contribution < 1.29 is 0 Å². The number of hydrogen-bond donors (Lipinski definition) is 1. The standard InChI is InChI=1S/C15H18N6/c1-4-7-10(2)17-19-15-16-14-13(18-20-15)11-8-5-6-9-12(11)21(14)3/h5-6,8-9H,4,7H2,1-3H3,(H,16,19,20)/b17-10+. The van der Waals surface area contributed by atoms with E-state index in [1.165, 1.54) is 0 Å². The van der Waals surface area contributed by atoms with Crippen molar-refractivity contribution in [2.45, 2.75) is 26.7 Å². The van der Waals surface area contributed by atoms with Crippen LogP contribution in [0.25, 0.3) is 22.1 Å². The monoisotopic (exact) mass is 282 g/mol. The van der Waals surface area contributed by atoms with Crippen LogP contribution >= 0.6 is 0 Å². The molecule has 1 N–H and O–H groups in total. The van der Waals surface area contributed by atoms with Crippen LogP contribution in [0.1, 0.15) is 26.7 Å². The number of hydrazone groups is 1. The first kappa shape index (κ1) is 13.5. The summed E-state index contributed by atoms with van der Waals surface area (Å²) in [6.45, 7) is 4.11. The van der Waals surface area contributed by atoms with Gasteiger partial charge < -0.3 is 4.57 Å². The quantitative estimate of drug-likeness (QED) is 0.589. The summed E-state index contributed by atoms with van der Waals surface area (Å²) in [6, 6.07) is 8.08. The molecule has 0 unspecified atom stereocenters. The SMILES string of the molecule is CCC/C(C)=N/Nc1nnc2c3ccccc3n(C)c2n1. The lowest BCUT2D eigenvalue weighted by Gasteiger charge is -2.01. The van der Waals surface area contributed by atoms with Crippen molar-refractivity contribution in [2.24, 2.45) is 12.1 Å². The van der Waals surface area contributed by atoms with Crippen LogP contribution in [0.5, 0.6) is 0 Å². The second-order valence-electron chi connectivity index (χ2n) is 5.09. The summed E-state index contributed by atoms with van der Waals surface area (Å²) in [5.74, 6) is 0.420. The van der Waals surface area contributed by atoms with Gasteiger partial charge in [-0.2, -0.15) is 10.1 Å². The van der Waals surface area contributed by atoms with E-state index in [0.717, 1.165) is 40.6 Å². The Balaban J connectivity index is 2.02. The molecule has 0 fully saturated rings.